The minimum atomic E-state index is -0.769. The molecule has 0 saturated carbocycles. The average Bonchev–Trinajstić information content (AvgIpc) is 2.90. The van der Waals surface area contributed by atoms with Crippen LogP contribution in [0, 0.1) is 5.92 Å². The molecule has 0 radical (unpaired) electrons. The molecule has 1 aromatic rings. The first-order valence-electron chi connectivity index (χ1n) is 8.59. The van der Waals surface area contributed by atoms with Crippen LogP contribution in [0.15, 0.2) is 23.1 Å². The fraction of sp³-hybridized carbons (Fsp3) is 0.611. The number of hydrogen-bond acceptors (Lipinski definition) is 4. The second-order valence-electron chi connectivity index (χ2n) is 6.08. The maximum Gasteiger partial charge on any atom is 0.321 e. The van der Waals surface area contributed by atoms with Gasteiger partial charge in [0.2, 0.25) is 0 Å². The van der Waals surface area contributed by atoms with Gasteiger partial charge in [-0.25, -0.2) is 10.9 Å². The Hall–Kier alpha value is -1.40. The molecule has 5 nitrogen and oxygen atoms in total. The van der Waals surface area contributed by atoms with Gasteiger partial charge in [0.15, 0.2) is 0 Å². The van der Waals surface area contributed by atoms with Crippen LogP contribution < -0.4 is 14.8 Å². The van der Waals surface area contributed by atoms with Crippen LogP contribution in [-0.2, 0) is 4.79 Å². The highest BCUT2D eigenvalue weighted by atomic mass is 32.2. The van der Waals surface area contributed by atoms with Crippen molar-refractivity contribution in [2.45, 2.75) is 43.4 Å². The molecule has 136 valence electrons. The maximum atomic E-state index is 11.7. The van der Waals surface area contributed by atoms with Crippen LogP contribution in [0.5, 0.6) is 11.5 Å². The normalized spacial score (nSPS) is 26.1. The molecule has 1 aromatic carbocycles. The summed E-state index contributed by atoms with van der Waals surface area (Å²) in [6, 6.07) is 5.53. The monoisotopic (exact) mass is 355 g/mol. The third-order valence-corrected chi connectivity index (χ3v) is 7.69. The third kappa shape index (κ3) is 4.16. The zero-order chi connectivity index (χ0) is 17.7. The number of nitrogens with one attached hydrogen (secondary N) is 1. The lowest BCUT2D eigenvalue weighted by molar-refractivity contribution is -0.139. The molecule has 1 aliphatic rings. The first kappa shape index (κ1) is 18.9. The quantitative estimate of drug-likeness (QED) is 0.626. The molecule has 1 heterocycles. The summed E-state index contributed by atoms with van der Waals surface area (Å²) >= 11 is 0. The van der Waals surface area contributed by atoms with Crippen LogP contribution >= 0.6 is 10.9 Å². The first-order valence-corrected chi connectivity index (χ1v) is 10.2. The van der Waals surface area contributed by atoms with E-state index in [1.165, 1.54) is 4.90 Å². The van der Waals surface area contributed by atoms with E-state index >= 15 is 0 Å². The number of rotatable bonds is 8. The lowest BCUT2D eigenvalue weighted by Crippen LogP contribution is -2.45. The number of ether oxygens (including phenoxy) is 2. The van der Waals surface area contributed by atoms with Gasteiger partial charge in [0.25, 0.3) is 0 Å². The Morgan fingerprint density at radius 3 is 2.33 bits per heavy atom. The minimum Gasteiger partial charge on any atom is -0.494 e. The Kier molecular flexibility index (Phi) is 6.80. The van der Waals surface area contributed by atoms with Gasteiger partial charge in [0, 0.05) is 11.3 Å². The predicted octanol–water partition coefficient (Wildman–Crippen LogP) is 2.93. The minimum absolute atomic E-state index is 0.119. The van der Waals surface area contributed by atoms with Crippen molar-refractivity contribution >= 4 is 16.9 Å². The fourth-order valence-electron chi connectivity index (χ4n) is 3.44. The highest BCUT2D eigenvalue weighted by Crippen LogP contribution is 2.53. The molecular formula is C18H29NO4S. The third-order valence-electron chi connectivity index (χ3n) is 4.51. The number of carbonyl (C=O) groups is 1. The Morgan fingerprint density at radius 1 is 1.29 bits per heavy atom. The van der Waals surface area contributed by atoms with Crippen molar-refractivity contribution in [2.24, 2.45) is 5.92 Å². The second kappa shape index (κ2) is 8.62. The standard InChI is InChI=1S/C18H29NO4S/c1-5-22-13-9-14(23-6-2)11-15(10-13)24-8-7-12(3)17(24)16(19-4)18(20)21/h9-12,16-17,19,24H,5-8H2,1-4H3,(H,20,21)/t12-,16?,17-/m1/s1. The van der Waals surface area contributed by atoms with Crippen molar-refractivity contribution in [3.8, 4) is 11.5 Å². The van der Waals surface area contributed by atoms with E-state index in [0.29, 0.717) is 19.1 Å². The number of carboxylic acid groups (broad SMARTS) is 1. The van der Waals surface area contributed by atoms with E-state index < -0.39 is 22.9 Å². The van der Waals surface area contributed by atoms with Gasteiger partial charge < -0.3 is 19.9 Å². The largest absolute Gasteiger partial charge is 0.494 e. The van der Waals surface area contributed by atoms with E-state index in [2.05, 4.69) is 24.4 Å². The Balaban J connectivity index is 2.38. The SMILES string of the molecule is CCOc1cc(OCC)cc([SH]2CC[C@@H](C)[C@@H]2C(NC)C(=O)O)c1. The van der Waals surface area contributed by atoms with E-state index in [4.69, 9.17) is 9.47 Å². The van der Waals surface area contributed by atoms with Crippen LogP contribution in [0.25, 0.3) is 0 Å². The van der Waals surface area contributed by atoms with Gasteiger partial charge in [0.05, 0.1) is 13.2 Å². The highest BCUT2D eigenvalue weighted by molar-refractivity contribution is 8.17. The van der Waals surface area contributed by atoms with Gasteiger partial charge in [-0.1, -0.05) is 6.92 Å². The molecule has 0 amide bonds. The lowest BCUT2D eigenvalue weighted by atomic mass is 9.99. The molecule has 1 aliphatic heterocycles. The van der Waals surface area contributed by atoms with Crippen LogP contribution in [0.1, 0.15) is 27.2 Å². The van der Waals surface area contributed by atoms with E-state index in [9.17, 15) is 9.90 Å². The summed E-state index contributed by atoms with van der Waals surface area (Å²) in [4.78, 5) is 12.9. The van der Waals surface area contributed by atoms with Crippen LogP contribution in [0.2, 0.25) is 0 Å². The van der Waals surface area contributed by atoms with Gasteiger partial charge in [0.1, 0.15) is 17.5 Å². The van der Waals surface area contributed by atoms with Gasteiger partial charge in [-0.15, -0.1) is 0 Å². The van der Waals surface area contributed by atoms with E-state index in [1.54, 1.807) is 7.05 Å². The van der Waals surface area contributed by atoms with E-state index in [-0.39, 0.29) is 5.25 Å². The molecule has 0 aromatic heterocycles. The second-order valence-corrected chi connectivity index (χ2v) is 8.58. The molecule has 24 heavy (non-hydrogen) atoms. The number of aliphatic carboxylic acids is 1. The Morgan fingerprint density at radius 2 is 1.88 bits per heavy atom. The van der Waals surface area contributed by atoms with Crippen molar-refractivity contribution in [3.05, 3.63) is 18.2 Å². The van der Waals surface area contributed by atoms with Crippen LogP contribution in [0.4, 0.5) is 0 Å². The molecule has 0 bridgehead atoms. The van der Waals surface area contributed by atoms with Crippen molar-refractivity contribution in [1.29, 1.82) is 0 Å². The van der Waals surface area contributed by atoms with Gasteiger partial charge in [-0.05, 0) is 56.0 Å². The molecule has 2 unspecified atom stereocenters. The molecule has 6 heteroatoms. The summed E-state index contributed by atoms with van der Waals surface area (Å²) in [7, 11) is 1.16. The smallest absolute Gasteiger partial charge is 0.321 e. The van der Waals surface area contributed by atoms with Crippen molar-refractivity contribution in [2.75, 3.05) is 26.0 Å². The number of benzene rings is 1. The maximum absolute atomic E-state index is 11.7. The van der Waals surface area contributed by atoms with Gasteiger partial charge >= 0.3 is 5.97 Å². The molecule has 1 saturated heterocycles. The van der Waals surface area contributed by atoms with E-state index in [1.807, 2.05) is 19.9 Å². The Labute approximate surface area is 147 Å². The Bertz CT molecular complexity index is 542. The molecular weight excluding hydrogens is 326 g/mol. The summed E-state index contributed by atoms with van der Waals surface area (Å²) < 4.78 is 11.4. The predicted molar refractivity (Wildman–Crippen MR) is 99.0 cm³/mol. The number of carboxylic acids is 1. The van der Waals surface area contributed by atoms with Crippen molar-refractivity contribution < 1.29 is 19.4 Å². The number of hydrogen-bond donors (Lipinski definition) is 3. The van der Waals surface area contributed by atoms with Crippen LogP contribution in [0.3, 0.4) is 0 Å². The molecule has 0 aliphatic carbocycles. The lowest BCUT2D eigenvalue weighted by Gasteiger charge is -2.32. The highest BCUT2D eigenvalue weighted by Gasteiger charge is 2.40. The molecule has 2 N–H and O–H groups in total. The van der Waals surface area contributed by atoms with Crippen LogP contribution in [-0.4, -0.2) is 48.4 Å². The number of thiol groups is 1. The molecule has 2 rings (SSSR count). The zero-order valence-corrected chi connectivity index (χ0v) is 15.8. The summed E-state index contributed by atoms with van der Waals surface area (Å²) in [6.45, 7) is 7.28. The van der Waals surface area contributed by atoms with E-state index in [0.717, 1.165) is 23.7 Å². The topological polar surface area (TPSA) is 67.8 Å². The summed E-state index contributed by atoms with van der Waals surface area (Å²) in [6.07, 6.45) is 1.06. The average molecular weight is 356 g/mol. The molecule has 1 fully saturated rings. The van der Waals surface area contributed by atoms with Gasteiger partial charge in [-0.3, -0.25) is 4.79 Å². The van der Waals surface area contributed by atoms with Crippen molar-refractivity contribution in [1.82, 2.24) is 5.32 Å². The summed E-state index contributed by atoms with van der Waals surface area (Å²) in [5.74, 6) is 2.27. The fourth-order valence-corrected chi connectivity index (χ4v) is 7.01. The first-order chi connectivity index (χ1) is 11.5. The zero-order valence-electron chi connectivity index (χ0n) is 14.9. The number of likely N-dealkylation sites (N-methyl/N-ethyl adjacent to an activating group) is 1. The van der Waals surface area contributed by atoms with Gasteiger partial charge in [-0.2, -0.15) is 0 Å². The summed E-state index contributed by atoms with van der Waals surface area (Å²) in [5, 5.41) is 12.7. The molecule has 4 atom stereocenters. The molecule has 0 spiro atoms. The van der Waals surface area contributed by atoms with Crippen molar-refractivity contribution in [3.63, 3.8) is 0 Å². The summed E-state index contributed by atoms with van der Waals surface area (Å²) in [5.41, 5.74) is 0.